The summed E-state index contributed by atoms with van der Waals surface area (Å²) < 4.78 is 0. The number of rotatable bonds is 4. The summed E-state index contributed by atoms with van der Waals surface area (Å²) >= 11 is 0. The molecule has 2 amide bonds. The Hall–Kier alpha value is -1.88. The zero-order chi connectivity index (χ0) is 17.0. The van der Waals surface area contributed by atoms with Crippen molar-refractivity contribution in [3.8, 4) is 0 Å². The molecule has 126 valence electrons. The number of nitrogens with zero attached hydrogens (tertiary/aromatic N) is 1. The molecular weight excluding hydrogens is 292 g/mol. The fourth-order valence-corrected chi connectivity index (χ4v) is 3.07. The molecule has 2 rings (SSSR count). The first-order valence-corrected chi connectivity index (χ1v) is 8.19. The van der Waals surface area contributed by atoms with Gasteiger partial charge in [-0.3, -0.25) is 9.59 Å². The maximum absolute atomic E-state index is 12.7. The van der Waals surface area contributed by atoms with Crippen LogP contribution in [0.5, 0.6) is 0 Å². The maximum Gasteiger partial charge on any atom is 0.253 e. The topological polar surface area (TPSA) is 69.6 Å². The Labute approximate surface area is 137 Å². The summed E-state index contributed by atoms with van der Waals surface area (Å²) in [4.78, 5) is 25.8. The van der Waals surface area contributed by atoms with E-state index in [9.17, 15) is 14.7 Å². The van der Waals surface area contributed by atoms with Gasteiger partial charge in [-0.2, -0.15) is 0 Å². The van der Waals surface area contributed by atoms with Gasteiger partial charge in [0.2, 0.25) is 5.91 Å². The SMILES string of the molecule is CCC1(CO)CCN(C(=O)c2ccc(C)c(NC(C)=O)c2)CC1. The summed E-state index contributed by atoms with van der Waals surface area (Å²) in [6.45, 7) is 6.96. The van der Waals surface area contributed by atoms with E-state index in [-0.39, 0.29) is 23.8 Å². The predicted octanol–water partition coefficient (Wildman–Crippen LogP) is 2.58. The Bertz CT molecular complexity index is 584. The molecule has 5 nitrogen and oxygen atoms in total. The molecule has 0 radical (unpaired) electrons. The fraction of sp³-hybridized carbons (Fsp3) is 0.556. The average Bonchev–Trinajstić information content (AvgIpc) is 2.56. The maximum atomic E-state index is 12.7. The summed E-state index contributed by atoms with van der Waals surface area (Å²) in [5.41, 5.74) is 2.16. The second kappa shape index (κ2) is 7.13. The number of aryl methyl sites for hydroxylation is 1. The Morgan fingerprint density at radius 2 is 1.96 bits per heavy atom. The second-order valence-electron chi connectivity index (χ2n) is 6.51. The molecule has 1 aliphatic heterocycles. The first-order valence-electron chi connectivity index (χ1n) is 8.19. The van der Waals surface area contributed by atoms with Crippen molar-refractivity contribution in [1.29, 1.82) is 0 Å². The Kier molecular flexibility index (Phi) is 5.42. The quantitative estimate of drug-likeness (QED) is 0.896. The Balaban J connectivity index is 2.11. The molecule has 1 fully saturated rings. The van der Waals surface area contributed by atoms with Crippen LogP contribution in [0, 0.1) is 12.3 Å². The number of carbonyl (C=O) groups excluding carboxylic acids is 2. The molecule has 1 heterocycles. The second-order valence-corrected chi connectivity index (χ2v) is 6.51. The summed E-state index contributed by atoms with van der Waals surface area (Å²) in [6.07, 6.45) is 2.59. The molecule has 23 heavy (non-hydrogen) atoms. The third-order valence-electron chi connectivity index (χ3n) is 4.99. The van der Waals surface area contributed by atoms with Crippen molar-refractivity contribution in [2.24, 2.45) is 5.41 Å². The number of nitrogens with one attached hydrogen (secondary N) is 1. The van der Waals surface area contributed by atoms with Crippen molar-refractivity contribution in [3.63, 3.8) is 0 Å². The third kappa shape index (κ3) is 3.91. The number of amides is 2. The van der Waals surface area contributed by atoms with Gasteiger partial charge in [-0.25, -0.2) is 0 Å². The molecule has 1 aromatic rings. The standard InChI is InChI=1S/C18H26N2O3/c1-4-18(12-21)7-9-20(10-8-18)17(23)15-6-5-13(2)16(11-15)19-14(3)22/h5-6,11,21H,4,7-10,12H2,1-3H3,(H,19,22). The van der Waals surface area contributed by atoms with Gasteiger partial charge in [-0.15, -0.1) is 0 Å². The molecule has 0 aliphatic carbocycles. The molecule has 0 aromatic heterocycles. The van der Waals surface area contributed by atoms with Gasteiger partial charge in [0, 0.05) is 37.9 Å². The highest BCUT2D eigenvalue weighted by atomic mass is 16.3. The molecule has 0 spiro atoms. The lowest BCUT2D eigenvalue weighted by molar-refractivity contribution is -0.114. The number of likely N-dealkylation sites (tertiary alicyclic amines) is 1. The minimum atomic E-state index is -0.147. The van der Waals surface area contributed by atoms with Crippen LogP contribution < -0.4 is 5.32 Å². The van der Waals surface area contributed by atoms with Crippen molar-refractivity contribution >= 4 is 17.5 Å². The number of piperidine rings is 1. The molecule has 5 heteroatoms. The van der Waals surface area contributed by atoms with Crippen LogP contribution in [-0.4, -0.2) is 41.5 Å². The van der Waals surface area contributed by atoms with Gasteiger partial charge >= 0.3 is 0 Å². The van der Waals surface area contributed by atoms with Gasteiger partial charge in [0.05, 0.1) is 0 Å². The summed E-state index contributed by atoms with van der Waals surface area (Å²) in [5.74, 6) is -0.161. The minimum absolute atomic E-state index is 0.0146. The van der Waals surface area contributed by atoms with E-state index >= 15 is 0 Å². The summed E-state index contributed by atoms with van der Waals surface area (Å²) in [6, 6.07) is 5.40. The summed E-state index contributed by atoms with van der Waals surface area (Å²) in [5, 5.41) is 12.4. The van der Waals surface area contributed by atoms with Gasteiger partial charge in [0.15, 0.2) is 0 Å². The van der Waals surface area contributed by atoms with Crippen LogP contribution in [0.4, 0.5) is 5.69 Å². The van der Waals surface area contributed by atoms with E-state index < -0.39 is 0 Å². The van der Waals surface area contributed by atoms with Crippen LogP contribution in [0.1, 0.15) is 49.0 Å². The lowest BCUT2D eigenvalue weighted by Gasteiger charge is -2.40. The van der Waals surface area contributed by atoms with Crippen LogP contribution in [0.2, 0.25) is 0 Å². The van der Waals surface area contributed by atoms with Crippen LogP contribution in [-0.2, 0) is 4.79 Å². The van der Waals surface area contributed by atoms with Gasteiger partial charge in [0.1, 0.15) is 0 Å². The zero-order valence-electron chi connectivity index (χ0n) is 14.2. The molecule has 0 bridgehead atoms. The van der Waals surface area contributed by atoms with Gasteiger partial charge in [0.25, 0.3) is 5.91 Å². The van der Waals surface area contributed by atoms with E-state index in [1.54, 1.807) is 12.1 Å². The van der Waals surface area contributed by atoms with Crippen LogP contribution in [0.15, 0.2) is 18.2 Å². The molecule has 0 atom stereocenters. The smallest absolute Gasteiger partial charge is 0.253 e. The van der Waals surface area contributed by atoms with Crippen molar-refractivity contribution in [2.75, 3.05) is 25.0 Å². The molecule has 0 unspecified atom stereocenters. The first-order chi connectivity index (χ1) is 10.9. The predicted molar refractivity (Wildman–Crippen MR) is 90.4 cm³/mol. The van der Waals surface area contributed by atoms with E-state index in [0.717, 1.165) is 24.8 Å². The molecule has 2 N–H and O–H groups in total. The zero-order valence-corrected chi connectivity index (χ0v) is 14.2. The van der Waals surface area contributed by atoms with Crippen LogP contribution in [0.25, 0.3) is 0 Å². The third-order valence-corrected chi connectivity index (χ3v) is 4.99. The normalized spacial score (nSPS) is 17.0. The number of aliphatic hydroxyl groups is 1. The van der Waals surface area contributed by atoms with Crippen molar-refractivity contribution in [1.82, 2.24) is 4.90 Å². The average molecular weight is 318 g/mol. The molecule has 0 saturated carbocycles. The van der Waals surface area contributed by atoms with E-state index in [0.29, 0.717) is 24.3 Å². The Morgan fingerprint density at radius 1 is 1.30 bits per heavy atom. The van der Waals surface area contributed by atoms with Gasteiger partial charge < -0.3 is 15.3 Å². The highest BCUT2D eigenvalue weighted by Crippen LogP contribution is 2.34. The van der Waals surface area contributed by atoms with Crippen molar-refractivity contribution in [3.05, 3.63) is 29.3 Å². The number of hydrogen-bond donors (Lipinski definition) is 2. The molecule has 1 aliphatic rings. The lowest BCUT2D eigenvalue weighted by Crippen LogP contribution is -2.44. The summed E-state index contributed by atoms with van der Waals surface area (Å²) in [7, 11) is 0. The number of aliphatic hydroxyl groups excluding tert-OH is 1. The van der Waals surface area contributed by atoms with Gasteiger partial charge in [-0.05, 0) is 49.3 Å². The number of carbonyl (C=O) groups is 2. The van der Waals surface area contributed by atoms with E-state index in [1.807, 2.05) is 17.9 Å². The fourth-order valence-electron chi connectivity index (χ4n) is 3.07. The number of hydrogen-bond acceptors (Lipinski definition) is 3. The van der Waals surface area contributed by atoms with E-state index in [2.05, 4.69) is 12.2 Å². The number of benzene rings is 1. The van der Waals surface area contributed by atoms with Gasteiger partial charge in [-0.1, -0.05) is 13.0 Å². The lowest BCUT2D eigenvalue weighted by atomic mass is 9.77. The highest BCUT2D eigenvalue weighted by molar-refractivity contribution is 5.97. The molecule has 1 saturated heterocycles. The first kappa shape index (κ1) is 17.5. The van der Waals surface area contributed by atoms with Crippen molar-refractivity contribution < 1.29 is 14.7 Å². The van der Waals surface area contributed by atoms with Crippen LogP contribution in [0.3, 0.4) is 0 Å². The van der Waals surface area contributed by atoms with Crippen LogP contribution >= 0.6 is 0 Å². The highest BCUT2D eigenvalue weighted by Gasteiger charge is 2.34. The number of anilines is 1. The monoisotopic (exact) mass is 318 g/mol. The van der Waals surface area contributed by atoms with E-state index in [4.69, 9.17) is 0 Å². The molecule has 1 aromatic carbocycles. The minimum Gasteiger partial charge on any atom is -0.396 e. The van der Waals surface area contributed by atoms with Crippen molar-refractivity contribution in [2.45, 2.75) is 40.0 Å². The largest absolute Gasteiger partial charge is 0.396 e. The van der Waals surface area contributed by atoms with E-state index in [1.165, 1.54) is 6.92 Å². The molecular formula is C18H26N2O3. The Morgan fingerprint density at radius 3 is 2.48 bits per heavy atom.